The number of hydrogen-bond acceptors (Lipinski definition) is 3. The molecular formula is C13H17NO2. The van der Waals surface area contributed by atoms with Crippen LogP contribution in [0, 0.1) is 12.8 Å². The van der Waals surface area contributed by atoms with E-state index in [1.807, 2.05) is 13.8 Å². The summed E-state index contributed by atoms with van der Waals surface area (Å²) in [6.07, 6.45) is 0.704. The van der Waals surface area contributed by atoms with Gasteiger partial charge in [-0.2, -0.15) is 0 Å². The number of fused-ring (bicyclic) bond motifs is 1. The Balaban J connectivity index is 2.24. The van der Waals surface area contributed by atoms with Gasteiger partial charge in [-0.05, 0) is 31.4 Å². The van der Waals surface area contributed by atoms with Gasteiger partial charge in [0.25, 0.3) is 0 Å². The maximum Gasteiger partial charge on any atom is 0.311 e. The summed E-state index contributed by atoms with van der Waals surface area (Å²) in [7, 11) is 0. The molecule has 0 aliphatic heterocycles. The summed E-state index contributed by atoms with van der Waals surface area (Å²) in [6.45, 7) is 4.26. The summed E-state index contributed by atoms with van der Waals surface area (Å²) in [5.41, 5.74) is 9.54. The summed E-state index contributed by atoms with van der Waals surface area (Å²) < 4.78 is 5.04. The van der Waals surface area contributed by atoms with E-state index in [-0.39, 0.29) is 17.9 Å². The number of benzene rings is 1. The van der Waals surface area contributed by atoms with Crippen molar-refractivity contribution < 1.29 is 9.53 Å². The summed E-state index contributed by atoms with van der Waals surface area (Å²) in [5.74, 6) is -0.388. The van der Waals surface area contributed by atoms with E-state index in [9.17, 15) is 4.79 Å². The van der Waals surface area contributed by atoms with E-state index in [1.165, 1.54) is 11.1 Å². The minimum Gasteiger partial charge on any atom is -0.466 e. The second-order valence-electron chi connectivity index (χ2n) is 4.29. The third kappa shape index (κ3) is 1.83. The zero-order chi connectivity index (χ0) is 11.7. The average Bonchev–Trinajstić information content (AvgIpc) is 2.57. The van der Waals surface area contributed by atoms with Crippen LogP contribution in [-0.4, -0.2) is 12.6 Å². The molecule has 0 spiro atoms. The van der Waals surface area contributed by atoms with Crippen LogP contribution in [-0.2, 0) is 16.0 Å². The molecule has 2 atom stereocenters. The number of rotatable bonds is 2. The van der Waals surface area contributed by atoms with E-state index in [1.54, 1.807) is 0 Å². The van der Waals surface area contributed by atoms with Gasteiger partial charge in [0, 0.05) is 6.04 Å². The van der Waals surface area contributed by atoms with Crippen LogP contribution in [0.5, 0.6) is 0 Å². The van der Waals surface area contributed by atoms with Crippen molar-refractivity contribution in [2.24, 2.45) is 11.7 Å². The van der Waals surface area contributed by atoms with Gasteiger partial charge in [0.05, 0.1) is 12.5 Å². The van der Waals surface area contributed by atoms with E-state index in [4.69, 9.17) is 10.5 Å². The Morgan fingerprint density at radius 2 is 2.31 bits per heavy atom. The smallest absolute Gasteiger partial charge is 0.311 e. The number of carbonyl (C=O) groups is 1. The second kappa shape index (κ2) is 4.26. The van der Waals surface area contributed by atoms with Crippen LogP contribution in [0.15, 0.2) is 18.2 Å². The highest BCUT2D eigenvalue weighted by Crippen LogP contribution is 2.35. The van der Waals surface area contributed by atoms with Crippen molar-refractivity contribution in [3.8, 4) is 0 Å². The van der Waals surface area contributed by atoms with Crippen molar-refractivity contribution in [2.75, 3.05) is 6.61 Å². The van der Waals surface area contributed by atoms with Gasteiger partial charge in [0.2, 0.25) is 0 Å². The summed E-state index contributed by atoms with van der Waals surface area (Å²) >= 11 is 0. The quantitative estimate of drug-likeness (QED) is 0.771. The molecule has 1 aliphatic rings. The third-order valence-corrected chi connectivity index (χ3v) is 3.12. The first kappa shape index (κ1) is 11.1. The Hall–Kier alpha value is -1.35. The molecule has 0 radical (unpaired) electrons. The predicted molar refractivity (Wildman–Crippen MR) is 61.9 cm³/mol. The standard InChI is InChI=1S/C13H17NO2/c1-3-16-13(15)11-7-9-5-4-8(2)6-10(9)12(11)14/h4-6,11-12H,3,7,14H2,1-2H3/t11-,12+/m1/s1. The van der Waals surface area contributed by atoms with E-state index >= 15 is 0 Å². The maximum absolute atomic E-state index is 11.7. The van der Waals surface area contributed by atoms with Gasteiger partial charge in [-0.15, -0.1) is 0 Å². The molecule has 0 bridgehead atoms. The Kier molecular flexibility index (Phi) is 2.97. The summed E-state index contributed by atoms with van der Waals surface area (Å²) in [6, 6.07) is 5.97. The normalized spacial score (nSPS) is 22.9. The third-order valence-electron chi connectivity index (χ3n) is 3.12. The van der Waals surface area contributed by atoms with Crippen molar-refractivity contribution in [1.29, 1.82) is 0 Å². The van der Waals surface area contributed by atoms with Crippen LogP contribution >= 0.6 is 0 Å². The van der Waals surface area contributed by atoms with Gasteiger partial charge in [-0.25, -0.2) is 0 Å². The number of aryl methyl sites for hydroxylation is 1. The van der Waals surface area contributed by atoms with E-state index < -0.39 is 0 Å². The molecule has 0 amide bonds. The van der Waals surface area contributed by atoms with E-state index in [2.05, 4.69) is 18.2 Å². The topological polar surface area (TPSA) is 52.3 Å². The molecule has 0 fully saturated rings. The molecule has 16 heavy (non-hydrogen) atoms. The van der Waals surface area contributed by atoms with Crippen molar-refractivity contribution in [3.05, 3.63) is 34.9 Å². The van der Waals surface area contributed by atoms with Gasteiger partial charge in [-0.3, -0.25) is 4.79 Å². The van der Waals surface area contributed by atoms with Gasteiger partial charge >= 0.3 is 5.97 Å². The molecule has 3 heteroatoms. The SMILES string of the molecule is CCOC(=O)[C@@H]1Cc2ccc(C)cc2[C@@H]1N. The first-order valence-corrected chi connectivity index (χ1v) is 5.65. The lowest BCUT2D eigenvalue weighted by molar-refractivity contribution is -0.148. The molecule has 2 rings (SSSR count). The van der Waals surface area contributed by atoms with Gasteiger partial charge in [0.15, 0.2) is 0 Å². The average molecular weight is 219 g/mol. The molecule has 0 unspecified atom stereocenters. The Morgan fingerprint density at radius 3 is 3.00 bits per heavy atom. The van der Waals surface area contributed by atoms with Crippen molar-refractivity contribution in [2.45, 2.75) is 26.3 Å². The van der Waals surface area contributed by atoms with Crippen LogP contribution < -0.4 is 5.73 Å². The Morgan fingerprint density at radius 1 is 1.56 bits per heavy atom. The first-order valence-electron chi connectivity index (χ1n) is 5.65. The summed E-state index contributed by atoms with van der Waals surface area (Å²) in [4.78, 5) is 11.7. The predicted octanol–water partition coefficient (Wildman–Crippen LogP) is 1.73. The zero-order valence-corrected chi connectivity index (χ0v) is 9.69. The molecule has 1 aromatic carbocycles. The summed E-state index contributed by atoms with van der Waals surface area (Å²) in [5, 5.41) is 0. The molecule has 1 aliphatic carbocycles. The largest absolute Gasteiger partial charge is 0.466 e. The van der Waals surface area contributed by atoms with Gasteiger partial charge in [0.1, 0.15) is 0 Å². The minimum atomic E-state index is -0.214. The second-order valence-corrected chi connectivity index (χ2v) is 4.29. The van der Waals surface area contributed by atoms with Crippen molar-refractivity contribution >= 4 is 5.97 Å². The first-order chi connectivity index (χ1) is 7.63. The molecule has 0 aromatic heterocycles. The molecule has 86 valence electrons. The maximum atomic E-state index is 11.7. The number of hydrogen-bond donors (Lipinski definition) is 1. The van der Waals surface area contributed by atoms with Crippen LogP contribution in [0.2, 0.25) is 0 Å². The number of esters is 1. The number of carbonyl (C=O) groups excluding carboxylic acids is 1. The van der Waals surface area contributed by atoms with Gasteiger partial charge < -0.3 is 10.5 Å². The molecule has 0 saturated heterocycles. The fraction of sp³-hybridized carbons (Fsp3) is 0.462. The van der Waals surface area contributed by atoms with Crippen LogP contribution in [0.3, 0.4) is 0 Å². The van der Waals surface area contributed by atoms with Crippen LogP contribution in [0.25, 0.3) is 0 Å². The number of ether oxygens (including phenoxy) is 1. The monoisotopic (exact) mass is 219 g/mol. The van der Waals surface area contributed by atoms with E-state index in [0.29, 0.717) is 13.0 Å². The fourth-order valence-corrected chi connectivity index (χ4v) is 2.27. The lowest BCUT2D eigenvalue weighted by Gasteiger charge is -2.14. The zero-order valence-electron chi connectivity index (χ0n) is 9.69. The molecule has 1 aromatic rings. The van der Waals surface area contributed by atoms with Crippen molar-refractivity contribution in [1.82, 2.24) is 0 Å². The fourth-order valence-electron chi connectivity index (χ4n) is 2.27. The number of nitrogens with two attached hydrogens (primary N) is 1. The molecular weight excluding hydrogens is 202 g/mol. The highest BCUT2D eigenvalue weighted by atomic mass is 16.5. The Bertz CT molecular complexity index is 414. The lowest BCUT2D eigenvalue weighted by atomic mass is 10.0. The molecule has 0 heterocycles. The molecule has 3 nitrogen and oxygen atoms in total. The van der Waals surface area contributed by atoms with Gasteiger partial charge in [-0.1, -0.05) is 23.8 Å². The Labute approximate surface area is 95.6 Å². The minimum absolute atomic E-state index is 0.177. The van der Waals surface area contributed by atoms with Crippen LogP contribution in [0.4, 0.5) is 0 Å². The highest BCUT2D eigenvalue weighted by molar-refractivity contribution is 5.75. The molecule has 2 N–H and O–H groups in total. The lowest BCUT2D eigenvalue weighted by Crippen LogP contribution is -2.26. The van der Waals surface area contributed by atoms with Crippen molar-refractivity contribution in [3.63, 3.8) is 0 Å². The molecule has 0 saturated carbocycles. The van der Waals surface area contributed by atoms with Crippen LogP contribution in [0.1, 0.15) is 29.7 Å². The van der Waals surface area contributed by atoms with E-state index in [0.717, 1.165) is 5.56 Å². The highest BCUT2D eigenvalue weighted by Gasteiger charge is 2.35.